The van der Waals surface area contributed by atoms with Gasteiger partial charge in [-0.1, -0.05) is 26.7 Å². The van der Waals surface area contributed by atoms with Gasteiger partial charge in [0, 0.05) is 6.42 Å². The second-order valence-electron chi connectivity index (χ2n) is 5.00. The third-order valence-corrected chi connectivity index (χ3v) is 3.94. The van der Waals surface area contributed by atoms with Crippen molar-refractivity contribution in [3.8, 4) is 0 Å². The van der Waals surface area contributed by atoms with Crippen LogP contribution in [0.2, 0.25) is 0 Å². The summed E-state index contributed by atoms with van der Waals surface area (Å²) in [5.74, 6) is -0.583. The Morgan fingerprint density at radius 1 is 1.24 bits per heavy atom. The van der Waals surface area contributed by atoms with Crippen LogP contribution in [0, 0.1) is 5.92 Å². The fourth-order valence-corrected chi connectivity index (χ4v) is 2.58. The molecule has 0 atom stereocenters. The highest BCUT2D eigenvalue weighted by Gasteiger charge is 2.36. The Bertz CT molecular complexity index is 278. The number of aliphatic carboxylic acids is 1. The molecule has 0 spiro atoms. The zero-order chi connectivity index (χ0) is 12.9. The highest BCUT2D eigenvalue weighted by molar-refractivity contribution is 5.87. The van der Waals surface area contributed by atoms with Crippen molar-refractivity contribution in [2.24, 2.45) is 5.92 Å². The number of hydrogen-bond acceptors (Lipinski definition) is 2. The molecule has 0 aliphatic heterocycles. The minimum atomic E-state index is -1.07. The second kappa shape index (κ2) is 6.03. The van der Waals surface area contributed by atoms with E-state index in [2.05, 4.69) is 5.32 Å². The Hall–Kier alpha value is -1.06. The van der Waals surface area contributed by atoms with Crippen LogP contribution >= 0.6 is 0 Å². The smallest absolute Gasteiger partial charge is 0.329 e. The fourth-order valence-electron chi connectivity index (χ4n) is 2.58. The molecule has 1 rings (SSSR count). The molecule has 0 aromatic heterocycles. The van der Waals surface area contributed by atoms with Crippen molar-refractivity contribution in [1.82, 2.24) is 5.32 Å². The summed E-state index contributed by atoms with van der Waals surface area (Å²) in [4.78, 5) is 23.1. The Labute approximate surface area is 103 Å². The fraction of sp³-hybridized carbons (Fsp3) is 0.846. The first-order chi connectivity index (χ1) is 8.04. The van der Waals surface area contributed by atoms with Crippen molar-refractivity contribution in [2.45, 2.75) is 64.3 Å². The minimum absolute atomic E-state index is 0.108. The summed E-state index contributed by atoms with van der Waals surface area (Å²) in [7, 11) is 0. The summed E-state index contributed by atoms with van der Waals surface area (Å²) in [6.07, 6.45) is 5.93. The average molecular weight is 241 g/mol. The molecule has 0 aromatic carbocycles. The number of carbonyl (C=O) groups is 2. The van der Waals surface area contributed by atoms with Gasteiger partial charge in [-0.05, 0) is 31.6 Å². The van der Waals surface area contributed by atoms with Crippen LogP contribution in [0.25, 0.3) is 0 Å². The molecule has 2 N–H and O–H groups in total. The first-order valence-corrected chi connectivity index (χ1v) is 6.58. The van der Waals surface area contributed by atoms with E-state index in [1.807, 2.05) is 0 Å². The van der Waals surface area contributed by atoms with Crippen LogP contribution in [0.1, 0.15) is 58.8 Å². The summed E-state index contributed by atoms with van der Waals surface area (Å²) in [5.41, 5.74) is -1.07. The van der Waals surface area contributed by atoms with Gasteiger partial charge in [0.1, 0.15) is 5.54 Å². The molecule has 1 fully saturated rings. The lowest BCUT2D eigenvalue weighted by atomic mass is 9.92. The van der Waals surface area contributed by atoms with Crippen molar-refractivity contribution in [2.75, 3.05) is 0 Å². The zero-order valence-electron chi connectivity index (χ0n) is 10.8. The number of carbonyl (C=O) groups excluding carboxylic acids is 1. The van der Waals surface area contributed by atoms with E-state index in [1.54, 1.807) is 13.8 Å². The number of amides is 1. The van der Waals surface area contributed by atoms with Gasteiger partial charge >= 0.3 is 5.97 Å². The van der Waals surface area contributed by atoms with Gasteiger partial charge in [-0.15, -0.1) is 0 Å². The third kappa shape index (κ3) is 3.45. The van der Waals surface area contributed by atoms with Crippen molar-refractivity contribution < 1.29 is 14.7 Å². The van der Waals surface area contributed by atoms with Crippen LogP contribution in [-0.4, -0.2) is 22.5 Å². The van der Waals surface area contributed by atoms with Gasteiger partial charge < -0.3 is 10.4 Å². The molecule has 98 valence electrons. The molecule has 0 unspecified atom stereocenters. The normalized spacial score (nSPS) is 17.1. The molecule has 4 nitrogen and oxygen atoms in total. The quantitative estimate of drug-likeness (QED) is 0.750. The number of nitrogens with one attached hydrogen (secondary N) is 1. The summed E-state index contributed by atoms with van der Waals surface area (Å²) in [5, 5.41) is 11.9. The van der Waals surface area contributed by atoms with E-state index in [4.69, 9.17) is 0 Å². The van der Waals surface area contributed by atoms with Gasteiger partial charge in [0.2, 0.25) is 5.91 Å². The van der Waals surface area contributed by atoms with Gasteiger partial charge in [-0.3, -0.25) is 4.79 Å². The van der Waals surface area contributed by atoms with E-state index in [0.29, 0.717) is 25.2 Å². The van der Waals surface area contributed by atoms with Crippen molar-refractivity contribution in [3.05, 3.63) is 0 Å². The first-order valence-electron chi connectivity index (χ1n) is 6.58. The molecule has 1 amide bonds. The largest absolute Gasteiger partial charge is 0.480 e. The number of hydrogen-bond donors (Lipinski definition) is 2. The van der Waals surface area contributed by atoms with Gasteiger partial charge in [0.25, 0.3) is 0 Å². The number of carboxylic acids is 1. The van der Waals surface area contributed by atoms with Gasteiger partial charge in [-0.2, -0.15) is 0 Å². The molecule has 0 radical (unpaired) electrons. The summed E-state index contributed by atoms with van der Waals surface area (Å²) < 4.78 is 0. The minimum Gasteiger partial charge on any atom is -0.480 e. The van der Waals surface area contributed by atoms with Crippen LogP contribution in [0.5, 0.6) is 0 Å². The number of carboxylic acid groups (broad SMARTS) is 1. The standard InChI is InChI=1S/C13H23NO3/c1-3-13(4-2,12(16)17)14-11(15)9-10-7-5-6-8-10/h10H,3-9H2,1-2H3,(H,14,15)(H,16,17). The zero-order valence-corrected chi connectivity index (χ0v) is 10.8. The predicted molar refractivity (Wildman–Crippen MR) is 65.7 cm³/mol. The van der Waals surface area contributed by atoms with Crippen molar-refractivity contribution in [3.63, 3.8) is 0 Å². The maximum absolute atomic E-state index is 11.9. The monoisotopic (exact) mass is 241 g/mol. The van der Waals surface area contributed by atoms with Gasteiger partial charge in [0.15, 0.2) is 0 Å². The van der Waals surface area contributed by atoms with Crippen molar-refractivity contribution >= 4 is 11.9 Å². The summed E-state index contributed by atoms with van der Waals surface area (Å²) in [6, 6.07) is 0. The predicted octanol–water partition coefficient (Wildman–Crippen LogP) is 2.33. The number of rotatable bonds is 6. The molecule has 17 heavy (non-hydrogen) atoms. The second-order valence-corrected chi connectivity index (χ2v) is 5.00. The van der Waals surface area contributed by atoms with E-state index in [1.165, 1.54) is 12.8 Å². The Balaban J connectivity index is 2.54. The summed E-state index contributed by atoms with van der Waals surface area (Å²) >= 11 is 0. The molecule has 0 aromatic rings. The van der Waals surface area contributed by atoms with E-state index >= 15 is 0 Å². The lowest BCUT2D eigenvalue weighted by Gasteiger charge is -2.28. The van der Waals surface area contributed by atoms with Crippen molar-refractivity contribution in [1.29, 1.82) is 0 Å². The highest BCUT2D eigenvalue weighted by atomic mass is 16.4. The SMILES string of the molecule is CCC(CC)(NC(=O)CC1CCCC1)C(=O)O. The van der Waals surface area contributed by atoms with E-state index in [-0.39, 0.29) is 5.91 Å². The molecule has 1 saturated carbocycles. The molecular formula is C13H23NO3. The first kappa shape index (κ1) is 14.0. The van der Waals surface area contributed by atoms with Crippen LogP contribution < -0.4 is 5.32 Å². The van der Waals surface area contributed by atoms with Crippen LogP contribution in [-0.2, 0) is 9.59 Å². The topological polar surface area (TPSA) is 66.4 Å². The molecule has 0 bridgehead atoms. The van der Waals surface area contributed by atoms with Gasteiger partial charge in [-0.25, -0.2) is 4.79 Å². The van der Waals surface area contributed by atoms with E-state index < -0.39 is 11.5 Å². The van der Waals surface area contributed by atoms with Crippen LogP contribution in [0.15, 0.2) is 0 Å². The van der Waals surface area contributed by atoms with Crippen LogP contribution in [0.4, 0.5) is 0 Å². The van der Waals surface area contributed by atoms with E-state index in [9.17, 15) is 14.7 Å². The Kier molecular flexibility index (Phi) is 4.97. The van der Waals surface area contributed by atoms with Gasteiger partial charge in [0.05, 0.1) is 0 Å². The molecule has 4 heteroatoms. The third-order valence-electron chi connectivity index (χ3n) is 3.94. The highest BCUT2D eigenvalue weighted by Crippen LogP contribution is 2.28. The molecule has 0 saturated heterocycles. The molecule has 1 aliphatic rings. The average Bonchev–Trinajstić information content (AvgIpc) is 2.78. The lowest BCUT2D eigenvalue weighted by molar-refractivity contribution is -0.148. The summed E-state index contributed by atoms with van der Waals surface area (Å²) in [6.45, 7) is 3.60. The maximum atomic E-state index is 11.9. The lowest BCUT2D eigenvalue weighted by Crippen LogP contribution is -2.53. The molecule has 1 aliphatic carbocycles. The molecular weight excluding hydrogens is 218 g/mol. The van der Waals surface area contributed by atoms with Crippen LogP contribution in [0.3, 0.4) is 0 Å². The molecule has 0 heterocycles. The van der Waals surface area contributed by atoms with E-state index in [0.717, 1.165) is 12.8 Å². The Morgan fingerprint density at radius 3 is 2.18 bits per heavy atom. The Morgan fingerprint density at radius 2 is 1.76 bits per heavy atom. The maximum Gasteiger partial charge on any atom is 0.329 e.